The van der Waals surface area contributed by atoms with Crippen LogP contribution >= 0.6 is 0 Å². The molecule has 1 aromatic heterocycles. The molecule has 0 saturated carbocycles. The predicted octanol–water partition coefficient (Wildman–Crippen LogP) is 2.86. The van der Waals surface area contributed by atoms with Crippen molar-refractivity contribution in [3.8, 4) is 5.69 Å². The third-order valence-electron chi connectivity index (χ3n) is 3.51. The molecule has 0 bridgehead atoms. The quantitative estimate of drug-likeness (QED) is 0.740. The number of hydrogen-bond donors (Lipinski definition) is 0. The van der Waals surface area contributed by atoms with Crippen LogP contribution in [0.4, 0.5) is 4.39 Å². The summed E-state index contributed by atoms with van der Waals surface area (Å²) in [5.41, 5.74) is 1.88. The summed E-state index contributed by atoms with van der Waals surface area (Å²) in [7, 11) is -3.75. The van der Waals surface area contributed by atoms with Gasteiger partial charge < -0.3 is 0 Å². The van der Waals surface area contributed by atoms with Crippen molar-refractivity contribution >= 4 is 9.84 Å². The van der Waals surface area contributed by atoms with Crippen LogP contribution in [0.5, 0.6) is 0 Å². The Morgan fingerprint density at radius 2 is 1.57 bits per heavy atom. The Hall–Kier alpha value is -2.54. The van der Waals surface area contributed by atoms with E-state index in [2.05, 4.69) is 10.3 Å². The average Bonchev–Trinajstić information content (AvgIpc) is 2.91. The maximum absolute atomic E-state index is 13.0. The molecule has 3 aromatic rings. The number of nitrogens with zero attached hydrogens (tertiary/aromatic N) is 3. The summed E-state index contributed by atoms with van der Waals surface area (Å²) >= 11 is 0. The first-order chi connectivity index (χ1) is 10.9. The van der Waals surface area contributed by atoms with Crippen molar-refractivity contribution in [3.63, 3.8) is 0 Å². The molecule has 0 saturated heterocycles. The SMILES string of the molecule is Cc1ccc(S(=O)(=O)c2nnn(-c3ccc(F)cc3)c2C)cc1. The van der Waals surface area contributed by atoms with Crippen LogP contribution in [0.1, 0.15) is 11.3 Å². The molecule has 23 heavy (non-hydrogen) atoms. The van der Waals surface area contributed by atoms with Crippen molar-refractivity contribution in [1.29, 1.82) is 0 Å². The molecule has 0 aliphatic rings. The summed E-state index contributed by atoms with van der Waals surface area (Å²) in [5, 5.41) is 7.60. The molecule has 0 aliphatic heterocycles. The Kier molecular flexibility index (Phi) is 3.73. The van der Waals surface area contributed by atoms with E-state index in [4.69, 9.17) is 0 Å². The highest BCUT2D eigenvalue weighted by atomic mass is 32.2. The minimum Gasteiger partial charge on any atom is -0.217 e. The van der Waals surface area contributed by atoms with Gasteiger partial charge >= 0.3 is 0 Å². The van der Waals surface area contributed by atoms with Gasteiger partial charge in [0.15, 0.2) is 0 Å². The van der Waals surface area contributed by atoms with Gasteiger partial charge in [0.25, 0.3) is 0 Å². The third kappa shape index (κ3) is 2.75. The molecule has 0 fully saturated rings. The fourth-order valence-electron chi connectivity index (χ4n) is 2.22. The van der Waals surface area contributed by atoms with Crippen LogP contribution in [0.2, 0.25) is 0 Å². The smallest absolute Gasteiger partial charge is 0.217 e. The standard InChI is InChI=1S/C16H14FN3O2S/c1-11-3-9-15(10-4-11)23(21,22)16-12(2)20(19-18-16)14-7-5-13(17)6-8-14/h3-10H,1-2H3. The van der Waals surface area contributed by atoms with E-state index < -0.39 is 9.84 Å². The molecule has 0 aliphatic carbocycles. The van der Waals surface area contributed by atoms with E-state index in [1.54, 1.807) is 31.2 Å². The lowest BCUT2D eigenvalue weighted by molar-refractivity contribution is 0.591. The molecule has 7 heteroatoms. The van der Waals surface area contributed by atoms with Crippen LogP contribution in [0.25, 0.3) is 5.69 Å². The number of hydrogen-bond acceptors (Lipinski definition) is 4. The Labute approximate surface area is 133 Å². The van der Waals surface area contributed by atoms with Gasteiger partial charge in [-0.05, 0) is 50.2 Å². The Bertz CT molecular complexity index is 946. The van der Waals surface area contributed by atoms with E-state index >= 15 is 0 Å². The van der Waals surface area contributed by atoms with Crippen LogP contribution < -0.4 is 0 Å². The van der Waals surface area contributed by atoms with Crippen LogP contribution in [0.15, 0.2) is 58.5 Å². The van der Waals surface area contributed by atoms with Gasteiger partial charge in [-0.3, -0.25) is 0 Å². The zero-order valence-electron chi connectivity index (χ0n) is 12.6. The van der Waals surface area contributed by atoms with E-state index in [1.165, 1.54) is 28.9 Å². The Balaban J connectivity index is 2.08. The van der Waals surface area contributed by atoms with Gasteiger partial charge in [0, 0.05) is 0 Å². The predicted molar refractivity (Wildman–Crippen MR) is 82.7 cm³/mol. The zero-order chi connectivity index (χ0) is 16.6. The molecule has 0 spiro atoms. The highest BCUT2D eigenvalue weighted by Gasteiger charge is 2.25. The molecule has 3 rings (SSSR count). The van der Waals surface area contributed by atoms with Crippen LogP contribution in [-0.4, -0.2) is 23.4 Å². The summed E-state index contributed by atoms with van der Waals surface area (Å²) in [6, 6.07) is 12.1. The molecule has 5 nitrogen and oxygen atoms in total. The lowest BCUT2D eigenvalue weighted by atomic mass is 10.2. The van der Waals surface area contributed by atoms with Crippen molar-refractivity contribution < 1.29 is 12.8 Å². The fraction of sp³-hybridized carbons (Fsp3) is 0.125. The van der Waals surface area contributed by atoms with Crippen molar-refractivity contribution in [2.45, 2.75) is 23.8 Å². The van der Waals surface area contributed by atoms with E-state index in [-0.39, 0.29) is 15.7 Å². The summed E-state index contributed by atoms with van der Waals surface area (Å²) in [6.45, 7) is 3.50. The maximum Gasteiger partial charge on any atom is 0.227 e. The normalized spacial score (nSPS) is 11.6. The zero-order valence-corrected chi connectivity index (χ0v) is 13.4. The highest BCUT2D eigenvalue weighted by molar-refractivity contribution is 7.91. The van der Waals surface area contributed by atoms with E-state index in [0.29, 0.717) is 11.4 Å². The van der Waals surface area contributed by atoms with Gasteiger partial charge in [-0.15, -0.1) is 5.10 Å². The van der Waals surface area contributed by atoms with Crippen LogP contribution in [0.3, 0.4) is 0 Å². The molecule has 0 N–H and O–H groups in total. The third-order valence-corrected chi connectivity index (χ3v) is 5.29. The first-order valence-corrected chi connectivity index (χ1v) is 8.38. The summed E-state index contributed by atoms with van der Waals surface area (Å²) < 4.78 is 39.8. The Morgan fingerprint density at radius 1 is 0.957 bits per heavy atom. The number of sulfone groups is 1. The molecule has 118 valence electrons. The number of halogens is 1. The van der Waals surface area contributed by atoms with Gasteiger partial charge in [-0.2, -0.15) is 0 Å². The molecule has 0 radical (unpaired) electrons. The number of aryl methyl sites for hydroxylation is 1. The monoisotopic (exact) mass is 331 g/mol. The second-order valence-corrected chi connectivity index (χ2v) is 7.05. The van der Waals surface area contributed by atoms with Crippen LogP contribution in [-0.2, 0) is 9.84 Å². The molecular weight excluding hydrogens is 317 g/mol. The van der Waals surface area contributed by atoms with Crippen molar-refractivity contribution in [2.75, 3.05) is 0 Å². The topological polar surface area (TPSA) is 64.8 Å². The van der Waals surface area contributed by atoms with Crippen molar-refractivity contribution in [1.82, 2.24) is 15.0 Å². The number of benzene rings is 2. The molecule has 0 unspecified atom stereocenters. The van der Waals surface area contributed by atoms with E-state index in [0.717, 1.165) is 5.56 Å². The summed E-state index contributed by atoms with van der Waals surface area (Å²) in [6.07, 6.45) is 0. The fourth-order valence-corrected chi connectivity index (χ4v) is 3.56. The number of rotatable bonds is 3. The van der Waals surface area contributed by atoms with Gasteiger partial charge in [-0.25, -0.2) is 17.5 Å². The lowest BCUT2D eigenvalue weighted by Crippen LogP contribution is -2.05. The number of aromatic nitrogens is 3. The van der Waals surface area contributed by atoms with Gasteiger partial charge in [-0.1, -0.05) is 22.9 Å². The molecular formula is C16H14FN3O2S. The second kappa shape index (κ2) is 5.58. The van der Waals surface area contributed by atoms with Crippen LogP contribution in [0, 0.1) is 19.7 Å². The summed E-state index contributed by atoms with van der Waals surface area (Å²) in [5.74, 6) is -0.376. The molecule has 0 atom stereocenters. The second-order valence-electron chi connectivity index (χ2n) is 5.18. The average molecular weight is 331 g/mol. The minimum atomic E-state index is -3.75. The lowest BCUT2D eigenvalue weighted by Gasteiger charge is -2.05. The first kappa shape index (κ1) is 15.4. The Morgan fingerprint density at radius 3 is 2.17 bits per heavy atom. The molecule has 2 aromatic carbocycles. The molecule has 0 amide bonds. The van der Waals surface area contributed by atoms with Gasteiger partial charge in [0.05, 0.1) is 16.3 Å². The van der Waals surface area contributed by atoms with Gasteiger partial charge in [0.2, 0.25) is 14.9 Å². The van der Waals surface area contributed by atoms with Crippen molar-refractivity contribution in [2.24, 2.45) is 0 Å². The highest BCUT2D eigenvalue weighted by Crippen LogP contribution is 2.23. The van der Waals surface area contributed by atoms with Gasteiger partial charge in [0.1, 0.15) is 5.82 Å². The van der Waals surface area contributed by atoms with E-state index in [9.17, 15) is 12.8 Å². The molecule has 1 heterocycles. The van der Waals surface area contributed by atoms with Crippen molar-refractivity contribution in [3.05, 3.63) is 65.6 Å². The summed E-state index contributed by atoms with van der Waals surface area (Å²) in [4.78, 5) is 0.164. The minimum absolute atomic E-state index is 0.106. The first-order valence-electron chi connectivity index (χ1n) is 6.89. The van der Waals surface area contributed by atoms with E-state index in [1.807, 2.05) is 6.92 Å². The maximum atomic E-state index is 13.0. The largest absolute Gasteiger partial charge is 0.227 e.